The van der Waals surface area contributed by atoms with Crippen LogP contribution in [0.4, 0.5) is 0 Å². The Labute approximate surface area is 182 Å². The van der Waals surface area contributed by atoms with E-state index < -0.39 is 16.1 Å². The number of carbonyl (C=O) groups is 1. The van der Waals surface area contributed by atoms with Gasteiger partial charge in [0, 0.05) is 18.5 Å². The number of rotatable bonds is 6. The predicted molar refractivity (Wildman–Crippen MR) is 116 cm³/mol. The number of sulfonamides is 1. The fourth-order valence-corrected chi connectivity index (χ4v) is 5.22. The van der Waals surface area contributed by atoms with Gasteiger partial charge in [0.2, 0.25) is 5.91 Å². The number of nitrogens with zero attached hydrogens (tertiary/aromatic N) is 4. The first-order chi connectivity index (χ1) is 14.9. The Balaban J connectivity index is 1.55. The molecule has 2 atom stereocenters. The van der Waals surface area contributed by atoms with Gasteiger partial charge in [-0.1, -0.05) is 38.8 Å². The lowest BCUT2D eigenvalue weighted by Gasteiger charge is -2.19. The van der Waals surface area contributed by atoms with E-state index in [0.29, 0.717) is 5.56 Å². The fourth-order valence-electron chi connectivity index (χ4n) is 3.98. The van der Waals surface area contributed by atoms with Crippen molar-refractivity contribution in [3.8, 4) is 0 Å². The third-order valence-corrected chi connectivity index (χ3v) is 7.39. The van der Waals surface area contributed by atoms with Crippen LogP contribution in [0.3, 0.4) is 0 Å². The van der Waals surface area contributed by atoms with Crippen molar-refractivity contribution in [3.05, 3.63) is 41.5 Å². The van der Waals surface area contributed by atoms with Crippen LogP contribution < -0.4 is 10.0 Å². The summed E-state index contributed by atoms with van der Waals surface area (Å²) in [7, 11) is -3.65. The number of hydrogen-bond donors (Lipinski definition) is 2. The molecule has 2 aliphatic heterocycles. The highest BCUT2D eigenvalue weighted by Crippen LogP contribution is 2.24. The molecule has 1 aromatic heterocycles. The van der Waals surface area contributed by atoms with Crippen LogP contribution in [-0.4, -0.2) is 41.0 Å². The largest absolute Gasteiger partial charge is 0.347 e. The van der Waals surface area contributed by atoms with Crippen molar-refractivity contribution in [2.24, 2.45) is 10.9 Å². The number of aromatic nitrogens is 3. The number of aryl methyl sites for hydroxylation is 1. The molecular weight excluding hydrogens is 416 g/mol. The minimum atomic E-state index is -3.65. The van der Waals surface area contributed by atoms with Gasteiger partial charge < -0.3 is 9.88 Å². The van der Waals surface area contributed by atoms with Crippen molar-refractivity contribution < 1.29 is 13.2 Å². The highest BCUT2D eigenvalue weighted by Gasteiger charge is 2.33. The lowest BCUT2D eigenvalue weighted by atomic mass is 9.98. The van der Waals surface area contributed by atoms with Gasteiger partial charge in [0.25, 0.3) is 10.0 Å². The van der Waals surface area contributed by atoms with Gasteiger partial charge in [-0.2, -0.15) is 0 Å². The summed E-state index contributed by atoms with van der Waals surface area (Å²) >= 11 is 0. The zero-order valence-electron chi connectivity index (χ0n) is 17.8. The molecule has 0 saturated heterocycles. The summed E-state index contributed by atoms with van der Waals surface area (Å²) in [5.41, 5.74) is 0.492. The monoisotopic (exact) mass is 444 g/mol. The molecule has 1 amide bonds. The molecule has 0 radical (unpaired) electrons. The smallest absolute Gasteiger partial charge is 0.263 e. The third-order valence-electron chi connectivity index (χ3n) is 5.99. The molecule has 9 nitrogen and oxygen atoms in total. The van der Waals surface area contributed by atoms with E-state index in [4.69, 9.17) is 0 Å². The summed E-state index contributed by atoms with van der Waals surface area (Å²) < 4.78 is 29.4. The second-order valence-corrected chi connectivity index (χ2v) is 9.77. The number of benzene rings is 1. The average molecular weight is 445 g/mol. The average Bonchev–Trinajstić information content (AvgIpc) is 3.16. The van der Waals surface area contributed by atoms with Crippen molar-refractivity contribution in [3.63, 3.8) is 0 Å². The number of amides is 1. The highest BCUT2D eigenvalue weighted by molar-refractivity contribution is 7.90. The van der Waals surface area contributed by atoms with Gasteiger partial charge >= 0.3 is 0 Å². The lowest BCUT2D eigenvalue weighted by molar-refractivity contribution is -0.123. The number of aliphatic imine (C=N–C) groups is 1. The first-order valence-corrected chi connectivity index (χ1v) is 12.3. The molecule has 2 aliphatic rings. The van der Waals surface area contributed by atoms with Gasteiger partial charge in [0.1, 0.15) is 17.7 Å². The lowest BCUT2D eigenvalue weighted by Crippen LogP contribution is -2.39. The van der Waals surface area contributed by atoms with Crippen molar-refractivity contribution >= 4 is 21.8 Å². The Kier molecular flexibility index (Phi) is 6.08. The van der Waals surface area contributed by atoms with Crippen LogP contribution in [-0.2, 0) is 34.3 Å². The van der Waals surface area contributed by atoms with Crippen LogP contribution in [0.2, 0.25) is 0 Å². The maximum absolute atomic E-state index is 13.1. The summed E-state index contributed by atoms with van der Waals surface area (Å²) in [6.45, 7) is 5.05. The zero-order valence-corrected chi connectivity index (χ0v) is 18.7. The number of carbonyl (C=O) groups excluding carboxylic acids is 1. The predicted octanol–water partition coefficient (Wildman–Crippen LogP) is 1.77. The summed E-state index contributed by atoms with van der Waals surface area (Å²) in [5.74, 6) is 1.61. The van der Waals surface area contributed by atoms with Crippen LogP contribution in [0.1, 0.15) is 56.7 Å². The van der Waals surface area contributed by atoms with Crippen LogP contribution in [0.15, 0.2) is 34.2 Å². The molecule has 0 fully saturated rings. The summed E-state index contributed by atoms with van der Waals surface area (Å²) in [6.07, 6.45) is 4.98. The molecule has 2 N–H and O–H groups in total. The Morgan fingerprint density at radius 1 is 1.26 bits per heavy atom. The first kappa shape index (κ1) is 21.5. The van der Waals surface area contributed by atoms with Crippen LogP contribution in [0.25, 0.3) is 0 Å². The van der Waals surface area contributed by atoms with E-state index in [1.807, 2.05) is 13.8 Å². The van der Waals surface area contributed by atoms with Gasteiger partial charge in [-0.3, -0.25) is 14.5 Å². The van der Waals surface area contributed by atoms with Gasteiger partial charge in [0.15, 0.2) is 5.82 Å². The Morgan fingerprint density at radius 3 is 2.87 bits per heavy atom. The quantitative estimate of drug-likeness (QED) is 0.704. The van der Waals surface area contributed by atoms with Crippen LogP contribution in [0.5, 0.6) is 0 Å². The molecule has 0 bridgehead atoms. The SMILES string of the molecule is CC[C@H](C)[C@H](N=C1NS(=O)(=O)c2ccccc21)C(=O)NCc1nnc2n1CCCCC2. The van der Waals surface area contributed by atoms with E-state index in [0.717, 1.165) is 43.9 Å². The molecule has 2 aromatic rings. The minimum absolute atomic E-state index is 0.0692. The Bertz CT molecular complexity index is 1110. The van der Waals surface area contributed by atoms with Gasteiger partial charge in [0.05, 0.1) is 11.4 Å². The molecular formula is C21H28N6O3S. The standard InChI is InChI=1S/C21H28N6O3S/c1-3-14(2)19(23-20-15-9-6-7-10-16(15)31(29,30)26-20)21(28)22-13-18-25-24-17-11-5-4-8-12-27(17)18/h6-7,9-10,14,19H,3-5,8,11-13H2,1-2H3,(H,22,28)(H,23,26)/t14-,19-/m0/s1. The second-order valence-electron chi connectivity index (χ2n) is 8.12. The van der Waals surface area contributed by atoms with Gasteiger partial charge in [-0.15, -0.1) is 10.2 Å². The minimum Gasteiger partial charge on any atom is -0.347 e. The third kappa shape index (κ3) is 4.34. The number of amidine groups is 1. The molecule has 0 unspecified atom stereocenters. The van der Waals surface area contributed by atoms with E-state index in [1.165, 1.54) is 12.5 Å². The van der Waals surface area contributed by atoms with Crippen molar-refractivity contribution in [1.29, 1.82) is 0 Å². The van der Waals surface area contributed by atoms with Crippen molar-refractivity contribution in [2.45, 2.75) is 70.0 Å². The molecule has 0 aliphatic carbocycles. The van der Waals surface area contributed by atoms with E-state index in [9.17, 15) is 13.2 Å². The van der Waals surface area contributed by atoms with E-state index in [2.05, 4.69) is 29.8 Å². The normalized spacial score (nSPS) is 20.3. The molecule has 0 spiro atoms. The molecule has 10 heteroatoms. The topological polar surface area (TPSA) is 118 Å². The summed E-state index contributed by atoms with van der Waals surface area (Å²) in [4.78, 5) is 17.8. The highest BCUT2D eigenvalue weighted by atomic mass is 32.2. The molecule has 0 saturated carbocycles. The molecule has 3 heterocycles. The van der Waals surface area contributed by atoms with E-state index >= 15 is 0 Å². The summed E-state index contributed by atoms with van der Waals surface area (Å²) in [5, 5.41) is 11.5. The van der Waals surface area contributed by atoms with Gasteiger partial charge in [-0.05, 0) is 30.9 Å². The maximum Gasteiger partial charge on any atom is 0.263 e. The van der Waals surface area contributed by atoms with E-state index in [1.54, 1.807) is 18.2 Å². The van der Waals surface area contributed by atoms with E-state index in [-0.39, 0.29) is 29.1 Å². The number of fused-ring (bicyclic) bond motifs is 2. The summed E-state index contributed by atoms with van der Waals surface area (Å²) in [6, 6.07) is 5.94. The molecule has 31 heavy (non-hydrogen) atoms. The maximum atomic E-state index is 13.1. The molecule has 166 valence electrons. The Morgan fingerprint density at radius 2 is 2.06 bits per heavy atom. The molecule has 1 aromatic carbocycles. The van der Waals surface area contributed by atoms with Crippen LogP contribution in [0, 0.1) is 5.92 Å². The number of nitrogens with one attached hydrogen (secondary N) is 2. The second kappa shape index (κ2) is 8.78. The fraction of sp³-hybridized carbons (Fsp3) is 0.524. The van der Waals surface area contributed by atoms with Crippen LogP contribution >= 0.6 is 0 Å². The van der Waals surface area contributed by atoms with Crippen molar-refractivity contribution in [2.75, 3.05) is 0 Å². The number of hydrogen-bond acceptors (Lipinski definition) is 6. The van der Waals surface area contributed by atoms with Crippen molar-refractivity contribution in [1.82, 2.24) is 24.8 Å². The van der Waals surface area contributed by atoms with Gasteiger partial charge in [-0.25, -0.2) is 8.42 Å². The Hall–Kier alpha value is -2.75. The zero-order chi connectivity index (χ0) is 22.0. The first-order valence-electron chi connectivity index (χ1n) is 10.8. The molecule has 4 rings (SSSR count).